The van der Waals surface area contributed by atoms with E-state index in [1.54, 1.807) is 11.3 Å². The number of nitrogens with one attached hydrogen (secondary N) is 1. The Bertz CT molecular complexity index is 1190. The third-order valence-corrected chi connectivity index (χ3v) is 7.82. The highest BCUT2D eigenvalue weighted by molar-refractivity contribution is 7.99. The lowest BCUT2D eigenvalue weighted by molar-refractivity contribution is -0.119. The van der Waals surface area contributed by atoms with Gasteiger partial charge in [0.1, 0.15) is 0 Å². The molecule has 1 aliphatic rings. The zero-order valence-corrected chi connectivity index (χ0v) is 20.4. The average molecular weight is 490 g/mol. The number of thioether (sulfide) groups is 1. The van der Waals surface area contributed by atoms with E-state index in [-0.39, 0.29) is 18.1 Å². The summed E-state index contributed by atoms with van der Waals surface area (Å²) in [6.45, 7) is 1.56. The van der Waals surface area contributed by atoms with Gasteiger partial charge in [0.05, 0.1) is 36.3 Å². The van der Waals surface area contributed by atoms with Gasteiger partial charge in [-0.2, -0.15) is 0 Å². The molecule has 2 unspecified atom stereocenters. The zero-order chi connectivity index (χ0) is 23.2. The van der Waals surface area contributed by atoms with Gasteiger partial charge in [-0.15, -0.1) is 11.3 Å². The summed E-state index contributed by atoms with van der Waals surface area (Å²) in [5, 5.41) is 6.11. The van der Waals surface area contributed by atoms with Crippen LogP contribution in [-0.2, 0) is 16.1 Å². The van der Waals surface area contributed by atoms with E-state index in [0.717, 1.165) is 52.8 Å². The number of amides is 1. The number of imidazole rings is 1. The zero-order valence-electron chi connectivity index (χ0n) is 18.8. The summed E-state index contributed by atoms with van der Waals surface area (Å²) in [6.07, 6.45) is 4.24. The standard InChI is InChI=1S/C27H27N3O2S2/c31-25(29-26(24-14-8-16-33-24)21-11-5-2-6-12-21)19-34-27-28-17-23(20-9-3-1-4-10-20)30(27)18-22-13-7-15-32-22/h1-6,8-12,14,16-17,22,26H,7,13,15,18-19H2,(H,29,31). The van der Waals surface area contributed by atoms with Gasteiger partial charge in [-0.1, -0.05) is 78.5 Å². The SMILES string of the molecule is O=C(CSc1ncc(-c2ccccc2)n1CC1CCCO1)NC(c1ccccc1)c1cccs1. The van der Waals surface area contributed by atoms with E-state index in [2.05, 4.69) is 45.2 Å². The van der Waals surface area contributed by atoms with Gasteiger partial charge in [0.15, 0.2) is 5.16 Å². The molecule has 34 heavy (non-hydrogen) atoms. The molecule has 2 aromatic heterocycles. The topological polar surface area (TPSA) is 56.2 Å². The molecule has 1 amide bonds. The van der Waals surface area contributed by atoms with Crippen molar-refractivity contribution in [3.05, 3.63) is 94.8 Å². The number of carbonyl (C=O) groups is 1. The van der Waals surface area contributed by atoms with Crippen LogP contribution in [0, 0.1) is 0 Å². The molecule has 0 spiro atoms. The van der Waals surface area contributed by atoms with Gasteiger partial charge in [-0.05, 0) is 35.4 Å². The Balaban J connectivity index is 1.32. The third kappa shape index (κ3) is 5.43. The first-order chi connectivity index (χ1) is 16.8. The molecule has 174 valence electrons. The molecule has 3 heterocycles. The molecule has 5 rings (SSSR count). The molecular formula is C27H27N3O2S2. The minimum Gasteiger partial charge on any atom is -0.376 e. The van der Waals surface area contributed by atoms with Gasteiger partial charge in [-0.25, -0.2) is 4.98 Å². The lowest BCUT2D eigenvalue weighted by atomic mass is 10.1. The monoisotopic (exact) mass is 489 g/mol. The van der Waals surface area contributed by atoms with Crippen LogP contribution in [0.25, 0.3) is 11.3 Å². The summed E-state index contributed by atoms with van der Waals surface area (Å²) in [5.41, 5.74) is 3.25. The maximum Gasteiger partial charge on any atom is 0.231 e. The molecule has 7 heteroatoms. The van der Waals surface area contributed by atoms with E-state index >= 15 is 0 Å². The first-order valence-corrected chi connectivity index (χ1v) is 13.4. The molecule has 1 fully saturated rings. The molecule has 2 atom stereocenters. The molecule has 5 nitrogen and oxygen atoms in total. The first kappa shape index (κ1) is 22.9. The Kier molecular flexibility index (Phi) is 7.43. The maximum absolute atomic E-state index is 13.0. The van der Waals surface area contributed by atoms with Gasteiger partial charge in [0.2, 0.25) is 5.91 Å². The second kappa shape index (κ2) is 11.0. The molecule has 1 saturated heterocycles. The molecule has 4 aromatic rings. The Labute approximate surface area is 208 Å². The molecule has 0 radical (unpaired) electrons. The fourth-order valence-electron chi connectivity index (χ4n) is 4.23. The highest BCUT2D eigenvalue weighted by Crippen LogP contribution is 2.29. The third-order valence-electron chi connectivity index (χ3n) is 5.90. The van der Waals surface area contributed by atoms with Crippen molar-refractivity contribution in [3.63, 3.8) is 0 Å². The van der Waals surface area contributed by atoms with Gasteiger partial charge >= 0.3 is 0 Å². The van der Waals surface area contributed by atoms with E-state index < -0.39 is 0 Å². The smallest absolute Gasteiger partial charge is 0.231 e. The number of carbonyl (C=O) groups excluding carboxylic acids is 1. The van der Waals surface area contributed by atoms with Crippen molar-refractivity contribution in [1.82, 2.24) is 14.9 Å². The van der Waals surface area contributed by atoms with Crippen LogP contribution in [0.15, 0.2) is 89.5 Å². The number of aromatic nitrogens is 2. The van der Waals surface area contributed by atoms with E-state index in [1.165, 1.54) is 11.8 Å². The first-order valence-electron chi connectivity index (χ1n) is 11.5. The van der Waals surface area contributed by atoms with Gasteiger partial charge in [-0.3, -0.25) is 4.79 Å². The Hall–Kier alpha value is -2.87. The molecule has 1 aliphatic heterocycles. The van der Waals surface area contributed by atoms with Crippen molar-refractivity contribution in [2.45, 2.75) is 36.7 Å². The van der Waals surface area contributed by atoms with E-state index in [1.807, 2.05) is 54.0 Å². The number of benzene rings is 2. The molecule has 0 saturated carbocycles. The van der Waals surface area contributed by atoms with Crippen molar-refractivity contribution in [2.24, 2.45) is 0 Å². The summed E-state index contributed by atoms with van der Waals surface area (Å²) in [7, 11) is 0. The quantitative estimate of drug-likeness (QED) is 0.303. The van der Waals surface area contributed by atoms with Crippen LogP contribution in [0.5, 0.6) is 0 Å². The number of ether oxygens (including phenoxy) is 1. The van der Waals surface area contributed by atoms with Gasteiger partial charge in [0.25, 0.3) is 0 Å². The van der Waals surface area contributed by atoms with Crippen molar-refractivity contribution in [1.29, 1.82) is 0 Å². The maximum atomic E-state index is 13.0. The Morgan fingerprint density at radius 2 is 1.91 bits per heavy atom. The summed E-state index contributed by atoms with van der Waals surface area (Å²) >= 11 is 3.13. The Morgan fingerprint density at radius 1 is 1.12 bits per heavy atom. The number of nitrogens with zero attached hydrogens (tertiary/aromatic N) is 2. The van der Waals surface area contributed by atoms with Crippen LogP contribution in [0.2, 0.25) is 0 Å². The molecule has 1 N–H and O–H groups in total. The predicted octanol–water partition coefficient (Wildman–Crippen LogP) is 5.79. The lowest BCUT2D eigenvalue weighted by Gasteiger charge is -2.19. The van der Waals surface area contributed by atoms with Crippen LogP contribution in [0.1, 0.15) is 29.3 Å². The minimum atomic E-state index is -0.152. The van der Waals surface area contributed by atoms with Crippen molar-refractivity contribution >= 4 is 29.0 Å². The fraction of sp³-hybridized carbons (Fsp3) is 0.259. The molecule has 2 aromatic carbocycles. The minimum absolute atomic E-state index is 0.0137. The van der Waals surface area contributed by atoms with Crippen LogP contribution < -0.4 is 5.32 Å². The highest BCUT2D eigenvalue weighted by Gasteiger charge is 2.22. The summed E-state index contributed by atoms with van der Waals surface area (Å²) in [5.74, 6) is 0.283. The van der Waals surface area contributed by atoms with Crippen LogP contribution in [0.3, 0.4) is 0 Å². The van der Waals surface area contributed by atoms with E-state index in [4.69, 9.17) is 4.74 Å². The van der Waals surface area contributed by atoms with E-state index in [9.17, 15) is 4.79 Å². The van der Waals surface area contributed by atoms with Crippen molar-refractivity contribution < 1.29 is 9.53 Å². The largest absolute Gasteiger partial charge is 0.376 e. The lowest BCUT2D eigenvalue weighted by Crippen LogP contribution is -2.30. The summed E-state index contributed by atoms with van der Waals surface area (Å²) in [4.78, 5) is 18.8. The fourth-order valence-corrected chi connectivity index (χ4v) is 5.84. The normalized spacial score (nSPS) is 16.4. The highest BCUT2D eigenvalue weighted by atomic mass is 32.2. The summed E-state index contributed by atoms with van der Waals surface area (Å²) in [6, 6.07) is 24.3. The number of hydrogen-bond donors (Lipinski definition) is 1. The molecule has 0 bridgehead atoms. The van der Waals surface area contributed by atoms with E-state index in [0.29, 0.717) is 5.75 Å². The van der Waals surface area contributed by atoms with Crippen molar-refractivity contribution in [3.8, 4) is 11.3 Å². The second-order valence-electron chi connectivity index (χ2n) is 8.25. The van der Waals surface area contributed by atoms with Crippen LogP contribution >= 0.6 is 23.1 Å². The summed E-state index contributed by atoms with van der Waals surface area (Å²) < 4.78 is 8.11. The Morgan fingerprint density at radius 3 is 2.62 bits per heavy atom. The van der Waals surface area contributed by atoms with Gasteiger partial charge in [0, 0.05) is 11.5 Å². The molecule has 0 aliphatic carbocycles. The van der Waals surface area contributed by atoms with Crippen LogP contribution in [0.4, 0.5) is 0 Å². The predicted molar refractivity (Wildman–Crippen MR) is 138 cm³/mol. The number of hydrogen-bond acceptors (Lipinski definition) is 5. The number of thiophene rings is 1. The van der Waals surface area contributed by atoms with Crippen LogP contribution in [-0.4, -0.2) is 33.9 Å². The molecular weight excluding hydrogens is 462 g/mol. The van der Waals surface area contributed by atoms with Crippen molar-refractivity contribution in [2.75, 3.05) is 12.4 Å². The van der Waals surface area contributed by atoms with Gasteiger partial charge < -0.3 is 14.6 Å². The average Bonchev–Trinajstić information content (AvgIpc) is 3.66. The number of rotatable bonds is 9. The second-order valence-corrected chi connectivity index (χ2v) is 10.2.